The lowest BCUT2D eigenvalue weighted by Crippen LogP contribution is -2.43. The molecule has 0 saturated carbocycles. The lowest BCUT2D eigenvalue weighted by atomic mass is 10.3. The molecule has 1 aliphatic rings. The van der Waals surface area contributed by atoms with Gasteiger partial charge in [0.2, 0.25) is 0 Å². The summed E-state index contributed by atoms with van der Waals surface area (Å²) in [4.78, 5) is 11.4. The molecule has 0 aromatic heterocycles. The Morgan fingerprint density at radius 1 is 0.842 bits per heavy atom. The highest BCUT2D eigenvalue weighted by atomic mass is 16.6. The Balaban J connectivity index is 2.31. The molecule has 1 saturated heterocycles. The molecule has 0 spiro atoms. The standard InChI is InChI=1S/C11H22N2O6/c12-13-11(14)10-9-18-6-5-16-2-1-15-3-4-17-7-8-19-10/h10H,1-9,12H2,(H,13,14). The first-order valence-corrected chi connectivity index (χ1v) is 6.27. The first-order valence-electron chi connectivity index (χ1n) is 6.27. The van der Waals surface area contributed by atoms with Crippen LogP contribution < -0.4 is 11.3 Å². The minimum Gasteiger partial charge on any atom is -0.377 e. The van der Waals surface area contributed by atoms with Crippen LogP contribution in [0, 0.1) is 0 Å². The Kier molecular flexibility index (Phi) is 9.51. The topological polar surface area (TPSA) is 101 Å². The van der Waals surface area contributed by atoms with E-state index < -0.39 is 12.0 Å². The number of ether oxygens (including phenoxy) is 5. The fourth-order valence-corrected chi connectivity index (χ4v) is 1.39. The molecule has 0 radical (unpaired) electrons. The molecule has 1 atom stereocenters. The molecule has 1 fully saturated rings. The van der Waals surface area contributed by atoms with Gasteiger partial charge in [-0.3, -0.25) is 10.2 Å². The average molecular weight is 278 g/mol. The van der Waals surface area contributed by atoms with E-state index in [9.17, 15) is 4.79 Å². The number of amides is 1. The maximum absolute atomic E-state index is 11.4. The van der Waals surface area contributed by atoms with E-state index in [1.54, 1.807) is 0 Å². The van der Waals surface area contributed by atoms with E-state index in [1.165, 1.54) is 0 Å². The number of hydrogen-bond donors (Lipinski definition) is 2. The number of rotatable bonds is 1. The molecule has 1 unspecified atom stereocenters. The van der Waals surface area contributed by atoms with Crippen LogP contribution in [-0.2, 0) is 28.5 Å². The second-order valence-electron chi connectivity index (χ2n) is 3.78. The molecule has 1 aliphatic heterocycles. The van der Waals surface area contributed by atoms with E-state index >= 15 is 0 Å². The van der Waals surface area contributed by atoms with Gasteiger partial charge in [-0.05, 0) is 0 Å². The predicted octanol–water partition coefficient (Wildman–Crippen LogP) is -1.56. The van der Waals surface area contributed by atoms with E-state index in [0.29, 0.717) is 46.2 Å². The van der Waals surface area contributed by atoms with Crippen molar-refractivity contribution in [1.82, 2.24) is 5.43 Å². The summed E-state index contributed by atoms with van der Waals surface area (Å²) in [7, 11) is 0. The molecule has 1 heterocycles. The van der Waals surface area contributed by atoms with Crippen molar-refractivity contribution in [2.24, 2.45) is 5.84 Å². The van der Waals surface area contributed by atoms with Crippen molar-refractivity contribution in [2.45, 2.75) is 6.10 Å². The molecule has 1 rings (SSSR count). The van der Waals surface area contributed by atoms with Crippen LogP contribution in [0.4, 0.5) is 0 Å². The van der Waals surface area contributed by atoms with Crippen LogP contribution in [0.15, 0.2) is 0 Å². The second-order valence-corrected chi connectivity index (χ2v) is 3.78. The van der Waals surface area contributed by atoms with Gasteiger partial charge in [0.05, 0.1) is 59.5 Å². The quantitative estimate of drug-likeness (QED) is 0.340. The summed E-state index contributed by atoms with van der Waals surface area (Å²) >= 11 is 0. The summed E-state index contributed by atoms with van der Waals surface area (Å²) in [5.41, 5.74) is 2.04. The summed E-state index contributed by atoms with van der Waals surface area (Å²) in [6, 6.07) is 0. The first-order chi connectivity index (χ1) is 9.34. The molecular formula is C11H22N2O6. The molecule has 3 N–H and O–H groups in total. The second kappa shape index (κ2) is 11.1. The Hall–Kier alpha value is -0.770. The van der Waals surface area contributed by atoms with Crippen molar-refractivity contribution in [3.63, 3.8) is 0 Å². The third kappa shape index (κ3) is 8.09. The van der Waals surface area contributed by atoms with Crippen molar-refractivity contribution >= 4 is 5.91 Å². The van der Waals surface area contributed by atoms with Gasteiger partial charge in [-0.1, -0.05) is 0 Å². The molecule has 0 bridgehead atoms. The number of nitrogens with two attached hydrogens (primary N) is 1. The van der Waals surface area contributed by atoms with Crippen LogP contribution in [0.5, 0.6) is 0 Å². The van der Waals surface area contributed by atoms with Crippen molar-refractivity contribution in [3.05, 3.63) is 0 Å². The van der Waals surface area contributed by atoms with Gasteiger partial charge in [-0.2, -0.15) is 0 Å². The summed E-state index contributed by atoms with van der Waals surface area (Å²) in [6.07, 6.45) is -0.741. The zero-order valence-corrected chi connectivity index (χ0v) is 11.0. The van der Waals surface area contributed by atoms with Crippen LogP contribution in [0.3, 0.4) is 0 Å². The number of carbonyl (C=O) groups excluding carboxylic acids is 1. The largest absolute Gasteiger partial charge is 0.377 e. The molecule has 19 heavy (non-hydrogen) atoms. The molecule has 0 aliphatic carbocycles. The van der Waals surface area contributed by atoms with E-state index in [-0.39, 0.29) is 13.2 Å². The average Bonchev–Trinajstić information content (AvgIpc) is 2.44. The fourth-order valence-electron chi connectivity index (χ4n) is 1.39. The maximum Gasteiger partial charge on any atom is 0.265 e. The zero-order valence-electron chi connectivity index (χ0n) is 11.0. The van der Waals surface area contributed by atoms with E-state index in [0.717, 1.165) is 0 Å². The lowest BCUT2D eigenvalue weighted by molar-refractivity contribution is -0.138. The monoisotopic (exact) mass is 278 g/mol. The normalized spacial score (nSPS) is 25.0. The summed E-state index contributed by atoms with van der Waals surface area (Å²) in [5.74, 6) is 4.65. The highest BCUT2D eigenvalue weighted by Gasteiger charge is 2.18. The molecule has 0 aromatic carbocycles. The van der Waals surface area contributed by atoms with Gasteiger partial charge in [-0.15, -0.1) is 0 Å². The molecule has 8 heteroatoms. The van der Waals surface area contributed by atoms with Gasteiger partial charge < -0.3 is 23.7 Å². The highest BCUT2D eigenvalue weighted by molar-refractivity contribution is 5.80. The Labute approximate surface area is 112 Å². The number of hydrogen-bond acceptors (Lipinski definition) is 7. The minimum absolute atomic E-state index is 0.128. The molecule has 1 amide bonds. The minimum atomic E-state index is -0.741. The SMILES string of the molecule is NNC(=O)C1COCCOCCOCCOCCO1. The van der Waals surface area contributed by atoms with Crippen molar-refractivity contribution in [1.29, 1.82) is 0 Å². The van der Waals surface area contributed by atoms with Crippen LogP contribution >= 0.6 is 0 Å². The third-order valence-corrected chi connectivity index (χ3v) is 2.37. The third-order valence-electron chi connectivity index (χ3n) is 2.37. The highest BCUT2D eigenvalue weighted by Crippen LogP contribution is 1.95. The number of hydrazine groups is 1. The number of nitrogens with one attached hydrogen (secondary N) is 1. The van der Waals surface area contributed by atoms with E-state index in [4.69, 9.17) is 29.5 Å². The van der Waals surface area contributed by atoms with Gasteiger partial charge in [0.25, 0.3) is 5.91 Å². The van der Waals surface area contributed by atoms with Gasteiger partial charge in [0.1, 0.15) is 0 Å². The van der Waals surface area contributed by atoms with Crippen LogP contribution in [0.2, 0.25) is 0 Å². The predicted molar refractivity (Wildman–Crippen MR) is 65.3 cm³/mol. The lowest BCUT2D eigenvalue weighted by Gasteiger charge is -2.16. The molecule has 8 nitrogen and oxygen atoms in total. The van der Waals surface area contributed by atoms with Gasteiger partial charge in [0.15, 0.2) is 6.10 Å². The van der Waals surface area contributed by atoms with Crippen LogP contribution in [-0.4, -0.2) is 71.5 Å². The fraction of sp³-hybridized carbons (Fsp3) is 0.909. The molecular weight excluding hydrogens is 256 g/mol. The molecule has 0 aromatic rings. The maximum atomic E-state index is 11.4. The van der Waals surface area contributed by atoms with Crippen molar-refractivity contribution < 1.29 is 28.5 Å². The summed E-state index contributed by atoms with van der Waals surface area (Å²) < 4.78 is 26.5. The van der Waals surface area contributed by atoms with Crippen LogP contribution in [0.1, 0.15) is 0 Å². The number of carbonyl (C=O) groups is 1. The smallest absolute Gasteiger partial charge is 0.265 e. The summed E-state index contributed by atoms with van der Waals surface area (Å²) in [5, 5.41) is 0. The Morgan fingerprint density at radius 3 is 1.84 bits per heavy atom. The Morgan fingerprint density at radius 2 is 1.32 bits per heavy atom. The van der Waals surface area contributed by atoms with Gasteiger partial charge in [-0.25, -0.2) is 5.84 Å². The molecule has 112 valence electrons. The van der Waals surface area contributed by atoms with E-state index in [1.807, 2.05) is 5.43 Å². The van der Waals surface area contributed by atoms with Crippen LogP contribution in [0.25, 0.3) is 0 Å². The van der Waals surface area contributed by atoms with E-state index in [2.05, 4.69) is 0 Å². The first kappa shape index (κ1) is 16.3. The summed E-state index contributed by atoms with van der Waals surface area (Å²) in [6.45, 7) is 3.64. The van der Waals surface area contributed by atoms with Gasteiger partial charge in [0, 0.05) is 0 Å². The van der Waals surface area contributed by atoms with Crippen molar-refractivity contribution in [2.75, 3.05) is 59.5 Å². The van der Waals surface area contributed by atoms with Crippen molar-refractivity contribution in [3.8, 4) is 0 Å². The zero-order chi connectivity index (χ0) is 13.8. The van der Waals surface area contributed by atoms with Gasteiger partial charge >= 0.3 is 0 Å². The Bertz CT molecular complexity index is 225.